The molecule has 0 atom stereocenters. The van der Waals surface area contributed by atoms with Crippen LogP contribution in [-0.4, -0.2) is 14.1 Å². The highest BCUT2D eigenvalue weighted by Crippen LogP contribution is 2.39. The van der Waals surface area contributed by atoms with Crippen molar-refractivity contribution in [2.45, 2.75) is 0 Å². The maximum absolute atomic E-state index is 8.91. The third-order valence-electron chi connectivity index (χ3n) is 2.59. The van der Waals surface area contributed by atoms with Crippen molar-refractivity contribution in [2.24, 2.45) is 0 Å². The summed E-state index contributed by atoms with van der Waals surface area (Å²) in [5, 5.41) is 9.28. The van der Waals surface area contributed by atoms with Crippen LogP contribution in [0.4, 0.5) is 11.4 Å². The van der Waals surface area contributed by atoms with Crippen molar-refractivity contribution in [2.75, 3.05) is 19.0 Å². The lowest BCUT2D eigenvalue weighted by Gasteiger charge is -2.17. The molecule has 0 radical (unpaired) electrons. The van der Waals surface area contributed by atoms with Crippen molar-refractivity contribution in [1.82, 2.24) is 0 Å². The van der Waals surface area contributed by atoms with Crippen LogP contribution >= 0.6 is 11.6 Å². The summed E-state index contributed by atoms with van der Waals surface area (Å²) in [4.78, 5) is 5.02. The van der Waals surface area contributed by atoms with Gasteiger partial charge in [0, 0.05) is 14.1 Å². The Morgan fingerprint density at radius 1 is 1.15 bits per heavy atom. The average Bonchev–Trinajstić information content (AvgIpc) is 2.41. The number of ether oxygens (including phenoxy) is 1. The van der Waals surface area contributed by atoms with Gasteiger partial charge in [-0.05, 0) is 18.2 Å². The Hall–Kier alpha value is -1.96. The quantitative estimate of drug-likeness (QED) is 0.810. The molecule has 0 saturated heterocycles. The molecule has 104 valence electrons. The molecule has 0 amide bonds. The van der Waals surface area contributed by atoms with Crippen molar-refractivity contribution in [3.8, 4) is 11.5 Å². The molecule has 2 aromatic carbocycles. The van der Waals surface area contributed by atoms with E-state index in [0.717, 1.165) is 5.69 Å². The lowest BCUT2D eigenvalue weighted by atomic mass is 10.2. The van der Waals surface area contributed by atoms with Crippen LogP contribution in [0, 0.1) is 5.39 Å². The number of nitrogens with zero attached hydrogens (tertiary/aromatic N) is 3. The van der Waals surface area contributed by atoms with Gasteiger partial charge in [-0.2, -0.15) is 0 Å². The van der Waals surface area contributed by atoms with E-state index in [9.17, 15) is 0 Å². The van der Waals surface area contributed by atoms with Gasteiger partial charge in [0.05, 0.1) is 11.8 Å². The predicted molar refractivity (Wildman–Crippen MR) is 77.0 cm³/mol. The number of diazo groups is 1. The van der Waals surface area contributed by atoms with Gasteiger partial charge in [0.15, 0.2) is 10.7 Å². The van der Waals surface area contributed by atoms with Crippen LogP contribution in [0.25, 0.3) is 4.98 Å². The average molecular weight is 310 g/mol. The highest BCUT2D eigenvalue weighted by atomic mass is 35.5. The molecule has 0 N–H and O–H groups in total. The lowest BCUT2D eigenvalue weighted by molar-refractivity contribution is -0.00000451. The molecule has 0 bridgehead atoms. The lowest BCUT2D eigenvalue weighted by Crippen LogP contribution is -3.00. The predicted octanol–water partition coefficient (Wildman–Crippen LogP) is 1.69. The first-order chi connectivity index (χ1) is 9.11. The van der Waals surface area contributed by atoms with Gasteiger partial charge in [-0.25, -0.2) is 0 Å². The van der Waals surface area contributed by atoms with Crippen LogP contribution in [0.1, 0.15) is 0 Å². The molecule has 0 aliphatic carbocycles. The summed E-state index contributed by atoms with van der Waals surface area (Å²) in [6.45, 7) is 0. The van der Waals surface area contributed by atoms with E-state index in [2.05, 4.69) is 4.98 Å². The Morgan fingerprint density at radius 2 is 1.80 bits per heavy atom. The van der Waals surface area contributed by atoms with Gasteiger partial charge in [0.2, 0.25) is 5.39 Å². The molecule has 0 saturated carbocycles. The van der Waals surface area contributed by atoms with Crippen LogP contribution in [0.2, 0.25) is 5.02 Å². The number of halogens is 2. The Labute approximate surface area is 129 Å². The molecule has 20 heavy (non-hydrogen) atoms. The van der Waals surface area contributed by atoms with Crippen LogP contribution in [0.15, 0.2) is 42.5 Å². The largest absolute Gasteiger partial charge is 1.00 e. The molecule has 0 unspecified atom stereocenters. The van der Waals surface area contributed by atoms with E-state index in [4.69, 9.17) is 21.7 Å². The second-order valence-corrected chi connectivity index (χ2v) is 4.59. The van der Waals surface area contributed by atoms with Crippen LogP contribution < -0.4 is 22.0 Å². The van der Waals surface area contributed by atoms with E-state index in [1.54, 1.807) is 12.1 Å². The molecule has 2 rings (SSSR count). The fraction of sp³-hybridized carbons (Fsp3) is 0.143. The summed E-state index contributed by atoms with van der Waals surface area (Å²) in [6.07, 6.45) is 0. The van der Waals surface area contributed by atoms with E-state index in [0.29, 0.717) is 16.5 Å². The summed E-state index contributed by atoms with van der Waals surface area (Å²) >= 11 is 6.01. The first-order valence-corrected chi connectivity index (χ1v) is 6.08. The van der Waals surface area contributed by atoms with Gasteiger partial charge < -0.3 is 22.0 Å². The molecule has 0 spiro atoms. The Bertz CT molecular complexity index is 624. The Morgan fingerprint density at radius 3 is 2.35 bits per heavy atom. The zero-order valence-corrected chi connectivity index (χ0v) is 12.6. The number of para-hydroxylation sites is 1. The first-order valence-electron chi connectivity index (χ1n) is 5.70. The molecular weight excluding hydrogens is 297 g/mol. The fourth-order valence-electron chi connectivity index (χ4n) is 1.66. The van der Waals surface area contributed by atoms with E-state index < -0.39 is 0 Å². The van der Waals surface area contributed by atoms with Crippen molar-refractivity contribution in [3.05, 3.63) is 52.5 Å². The maximum atomic E-state index is 8.91. The van der Waals surface area contributed by atoms with Gasteiger partial charge >= 0.3 is 5.69 Å². The van der Waals surface area contributed by atoms with E-state index in [1.165, 1.54) is 0 Å². The molecule has 2 aromatic rings. The third kappa shape index (κ3) is 3.53. The summed E-state index contributed by atoms with van der Waals surface area (Å²) in [5.74, 6) is 1.28. The topological polar surface area (TPSA) is 40.6 Å². The smallest absolute Gasteiger partial charge is 0.407 e. The highest BCUT2D eigenvalue weighted by Gasteiger charge is 2.19. The van der Waals surface area contributed by atoms with E-state index in [1.807, 2.05) is 49.3 Å². The number of rotatable bonds is 3. The number of hydrogen-bond donors (Lipinski definition) is 0. The highest BCUT2D eigenvalue weighted by molar-refractivity contribution is 6.33. The van der Waals surface area contributed by atoms with Gasteiger partial charge in [0.25, 0.3) is 0 Å². The molecule has 0 fully saturated rings. The molecular formula is C14H13Cl2N3O. The van der Waals surface area contributed by atoms with E-state index in [-0.39, 0.29) is 18.1 Å². The van der Waals surface area contributed by atoms with Crippen molar-refractivity contribution in [1.29, 1.82) is 5.39 Å². The minimum atomic E-state index is 0. The molecule has 0 heterocycles. The van der Waals surface area contributed by atoms with Crippen LogP contribution in [0.5, 0.6) is 11.5 Å². The maximum Gasteiger partial charge on any atom is 0.407 e. The Kier molecular flexibility index (Phi) is 5.63. The normalized spacial score (nSPS) is 9.30. The SMILES string of the molecule is CN(C)c1cc(Cl)c([N+]#N)cc1Oc1ccccc1.[Cl-]. The molecule has 6 heteroatoms. The summed E-state index contributed by atoms with van der Waals surface area (Å²) < 4.78 is 5.80. The van der Waals surface area contributed by atoms with Gasteiger partial charge in [-0.3, -0.25) is 0 Å². The first kappa shape index (κ1) is 16.1. The summed E-state index contributed by atoms with van der Waals surface area (Å²) in [5.41, 5.74) is 1.08. The molecule has 0 aliphatic rings. The third-order valence-corrected chi connectivity index (χ3v) is 2.89. The van der Waals surface area contributed by atoms with Crippen molar-refractivity contribution < 1.29 is 17.1 Å². The number of benzene rings is 2. The molecule has 0 aliphatic heterocycles. The minimum absolute atomic E-state index is 0. The minimum Gasteiger partial charge on any atom is -1.00 e. The van der Waals surface area contributed by atoms with Crippen LogP contribution in [-0.2, 0) is 0 Å². The summed E-state index contributed by atoms with van der Waals surface area (Å²) in [7, 11) is 3.78. The van der Waals surface area contributed by atoms with E-state index >= 15 is 0 Å². The second kappa shape index (κ2) is 6.99. The van der Waals surface area contributed by atoms with Crippen molar-refractivity contribution in [3.63, 3.8) is 0 Å². The van der Waals surface area contributed by atoms with Gasteiger partial charge in [0.1, 0.15) is 10.8 Å². The van der Waals surface area contributed by atoms with Crippen molar-refractivity contribution >= 4 is 23.0 Å². The van der Waals surface area contributed by atoms with Gasteiger partial charge in [-0.1, -0.05) is 29.8 Å². The Balaban J connectivity index is 0.00000200. The zero-order valence-electron chi connectivity index (χ0n) is 11.0. The fourth-order valence-corrected chi connectivity index (χ4v) is 1.85. The second-order valence-electron chi connectivity index (χ2n) is 4.18. The molecule has 4 nitrogen and oxygen atoms in total. The zero-order chi connectivity index (χ0) is 13.8. The number of anilines is 1. The monoisotopic (exact) mass is 309 g/mol. The van der Waals surface area contributed by atoms with Crippen LogP contribution in [0.3, 0.4) is 0 Å². The van der Waals surface area contributed by atoms with Gasteiger partial charge in [-0.15, -0.1) is 0 Å². The molecule has 0 aromatic heterocycles. The standard InChI is InChI=1S/C14H13ClN3O.ClH/c1-18(2)13-8-11(15)12(17-16)9-14(13)19-10-6-4-3-5-7-10;/h3-9H,1-2H3;1H/q+1;/p-1. The number of hydrogen-bond acceptors (Lipinski definition) is 3. The summed E-state index contributed by atoms with van der Waals surface area (Å²) in [6, 6.07) is 12.7.